The highest BCUT2D eigenvalue weighted by atomic mass is 16.5. The number of ketones is 1. The van der Waals surface area contributed by atoms with Crippen LogP contribution in [-0.2, 0) is 14.3 Å². The second kappa shape index (κ2) is 4.53. The molecule has 0 N–H and O–H groups in total. The summed E-state index contributed by atoms with van der Waals surface area (Å²) in [5.41, 5.74) is 1.37. The predicted molar refractivity (Wildman–Crippen MR) is 65.5 cm³/mol. The van der Waals surface area contributed by atoms with Crippen molar-refractivity contribution in [3.05, 3.63) is 34.9 Å². The lowest BCUT2D eigenvalue weighted by Gasteiger charge is -2.37. The lowest BCUT2D eigenvalue weighted by Crippen LogP contribution is -2.55. The van der Waals surface area contributed by atoms with Crippen molar-refractivity contribution >= 4 is 11.8 Å². The molecule has 1 aromatic carbocycles. The average molecular weight is 248 g/mol. The molecular formula is C14H16O4. The minimum absolute atomic E-state index is 0.103. The van der Waals surface area contributed by atoms with Gasteiger partial charge in [0, 0.05) is 5.56 Å². The number of carbonyl (C=O) groups is 2. The maximum absolute atomic E-state index is 12.5. The van der Waals surface area contributed by atoms with Gasteiger partial charge in [-0.15, -0.1) is 0 Å². The minimum Gasteiger partial charge on any atom is -0.468 e. The van der Waals surface area contributed by atoms with Gasteiger partial charge in [0.15, 0.2) is 11.2 Å². The van der Waals surface area contributed by atoms with Crippen LogP contribution in [0.4, 0.5) is 0 Å². The number of carbonyl (C=O) groups excluding carboxylic acids is 2. The second-order valence-corrected chi connectivity index (χ2v) is 4.71. The molecule has 0 bridgehead atoms. The van der Waals surface area contributed by atoms with Crippen molar-refractivity contribution in [1.82, 2.24) is 0 Å². The number of benzene rings is 1. The lowest BCUT2D eigenvalue weighted by atomic mass is 9.77. The van der Waals surface area contributed by atoms with Crippen LogP contribution in [0.25, 0.3) is 0 Å². The Morgan fingerprint density at radius 1 is 1.28 bits per heavy atom. The van der Waals surface area contributed by atoms with Crippen LogP contribution in [0, 0.1) is 19.3 Å². The van der Waals surface area contributed by atoms with Gasteiger partial charge in [-0.05, 0) is 19.4 Å². The quantitative estimate of drug-likeness (QED) is 0.464. The van der Waals surface area contributed by atoms with E-state index in [0.29, 0.717) is 5.56 Å². The highest BCUT2D eigenvalue weighted by molar-refractivity contribution is 6.14. The molecule has 0 radical (unpaired) electrons. The summed E-state index contributed by atoms with van der Waals surface area (Å²) < 4.78 is 9.77. The molecular weight excluding hydrogens is 232 g/mol. The molecule has 4 nitrogen and oxygen atoms in total. The third kappa shape index (κ3) is 1.82. The smallest absolute Gasteiger partial charge is 0.324 e. The maximum Gasteiger partial charge on any atom is 0.324 e. The van der Waals surface area contributed by atoms with Crippen molar-refractivity contribution in [2.24, 2.45) is 5.41 Å². The summed E-state index contributed by atoms with van der Waals surface area (Å²) in [6.45, 7) is 4.03. The topological polar surface area (TPSA) is 52.6 Å². The largest absolute Gasteiger partial charge is 0.468 e. The van der Waals surface area contributed by atoms with Gasteiger partial charge < -0.3 is 9.47 Å². The number of Topliss-reactive ketones (excluding diaryl/α,β-unsaturated/α-hetero) is 1. The average Bonchev–Trinajstić information content (AvgIpc) is 2.26. The molecule has 0 amide bonds. The number of ether oxygens (including phenoxy) is 2. The molecule has 1 aromatic rings. The minimum atomic E-state index is -1.14. The highest BCUT2D eigenvalue weighted by Crippen LogP contribution is 2.34. The Morgan fingerprint density at radius 2 is 1.94 bits per heavy atom. The molecule has 0 aliphatic carbocycles. The molecule has 1 aliphatic rings. The number of rotatable bonds is 3. The third-order valence-electron chi connectivity index (χ3n) is 3.33. The van der Waals surface area contributed by atoms with E-state index >= 15 is 0 Å². The van der Waals surface area contributed by atoms with Crippen molar-refractivity contribution in [2.45, 2.75) is 13.8 Å². The molecule has 1 saturated heterocycles. The van der Waals surface area contributed by atoms with E-state index in [-0.39, 0.29) is 19.0 Å². The van der Waals surface area contributed by atoms with E-state index in [9.17, 15) is 9.59 Å². The second-order valence-electron chi connectivity index (χ2n) is 4.71. The van der Waals surface area contributed by atoms with Gasteiger partial charge in [-0.3, -0.25) is 9.59 Å². The van der Waals surface area contributed by atoms with Crippen molar-refractivity contribution in [3.63, 3.8) is 0 Å². The zero-order valence-corrected chi connectivity index (χ0v) is 10.8. The Bertz CT molecular complexity index is 501. The molecule has 0 atom stereocenters. The Morgan fingerprint density at radius 3 is 2.39 bits per heavy atom. The van der Waals surface area contributed by atoms with Crippen LogP contribution in [0.1, 0.15) is 21.5 Å². The van der Waals surface area contributed by atoms with E-state index in [0.717, 1.165) is 11.1 Å². The van der Waals surface area contributed by atoms with Crippen LogP contribution < -0.4 is 0 Å². The molecule has 1 fully saturated rings. The fraction of sp³-hybridized carbons (Fsp3) is 0.429. The summed E-state index contributed by atoms with van der Waals surface area (Å²) in [6, 6.07) is 5.55. The standard InChI is InChI=1S/C14H16O4/c1-9-4-5-11(10(2)6-9)12(15)14(7-18-8-14)13(16)17-3/h4-6H,7-8H2,1-3H3. The zero-order chi connectivity index (χ0) is 13.3. The van der Waals surface area contributed by atoms with Gasteiger partial charge in [-0.1, -0.05) is 23.8 Å². The van der Waals surface area contributed by atoms with Crippen molar-refractivity contribution in [3.8, 4) is 0 Å². The molecule has 18 heavy (non-hydrogen) atoms. The van der Waals surface area contributed by atoms with Gasteiger partial charge in [-0.2, -0.15) is 0 Å². The molecule has 0 saturated carbocycles. The molecule has 0 spiro atoms. The molecule has 96 valence electrons. The summed E-state index contributed by atoms with van der Waals surface area (Å²) >= 11 is 0. The lowest BCUT2D eigenvalue weighted by molar-refractivity contribution is -0.172. The van der Waals surface area contributed by atoms with E-state index in [1.54, 1.807) is 6.07 Å². The van der Waals surface area contributed by atoms with E-state index < -0.39 is 11.4 Å². The van der Waals surface area contributed by atoms with Crippen LogP contribution >= 0.6 is 0 Å². The van der Waals surface area contributed by atoms with E-state index in [4.69, 9.17) is 9.47 Å². The normalized spacial score (nSPS) is 16.8. The van der Waals surface area contributed by atoms with Gasteiger partial charge in [0.1, 0.15) is 0 Å². The van der Waals surface area contributed by atoms with Crippen molar-refractivity contribution in [1.29, 1.82) is 0 Å². The van der Waals surface area contributed by atoms with Gasteiger partial charge in [-0.25, -0.2) is 0 Å². The maximum atomic E-state index is 12.5. The fourth-order valence-electron chi connectivity index (χ4n) is 2.17. The first-order valence-electron chi connectivity index (χ1n) is 5.79. The number of esters is 1. The van der Waals surface area contributed by atoms with Gasteiger partial charge >= 0.3 is 5.97 Å². The highest BCUT2D eigenvalue weighted by Gasteiger charge is 2.54. The van der Waals surface area contributed by atoms with Crippen molar-refractivity contribution in [2.75, 3.05) is 20.3 Å². The van der Waals surface area contributed by atoms with E-state index in [1.165, 1.54) is 7.11 Å². The van der Waals surface area contributed by atoms with E-state index in [2.05, 4.69) is 0 Å². The summed E-state index contributed by atoms with van der Waals surface area (Å²) in [7, 11) is 1.29. The molecule has 1 heterocycles. The van der Waals surface area contributed by atoms with Crippen LogP contribution in [0.2, 0.25) is 0 Å². The van der Waals surface area contributed by atoms with Crippen molar-refractivity contribution < 1.29 is 19.1 Å². The van der Waals surface area contributed by atoms with Gasteiger partial charge in [0.2, 0.25) is 0 Å². The zero-order valence-electron chi connectivity index (χ0n) is 10.8. The number of hydrogen-bond donors (Lipinski definition) is 0. The summed E-state index contributed by atoms with van der Waals surface area (Å²) in [5.74, 6) is -0.725. The van der Waals surface area contributed by atoms with Crippen LogP contribution in [-0.4, -0.2) is 32.1 Å². The predicted octanol–water partition coefficient (Wildman–Crippen LogP) is 1.68. The van der Waals surface area contributed by atoms with Crippen LogP contribution in [0.5, 0.6) is 0 Å². The Labute approximate surface area is 106 Å². The first kappa shape index (κ1) is 12.8. The van der Waals surface area contributed by atoms with Gasteiger partial charge in [0.05, 0.1) is 20.3 Å². The summed E-state index contributed by atoms with van der Waals surface area (Å²) in [5, 5.41) is 0. The third-order valence-corrected chi connectivity index (χ3v) is 3.33. The Hall–Kier alpha value is -1.68. The van der Waals surface area contributed by atoms with Crippen LogP contribution in [0.3, 0.4) is 0 Å². The Balaban J connectivity index is 2.38. The van der Waals surface area contributed by atoms with Crippen LogP contribution in [0.15, 0.2) is 18.2 Å². The number of aryl methyl sites for hydroxylation is 2. The Kier molecular flexibility index (Phi) is 3.22. The summed E-state index contributed by atoms with van der Waals surface area (Å²) in [4.78, 5) is 24.3. The molecule has 0 unspecified atom stereocenters. The first-order valence-corrected chi connectivity index (χ1v) is 5.79. The number of hydrogen-bond acceptors (Lipinski definition) is 4. The van der Waals surface area contributed by atoms with Gasteiger partial charge in [0.25, 0.3) is 0 Å². The monoisotopic (exact) mass is 248 g/mol. The fourth-order valence-corrected chi connectivity index (χ4v) is 2.17. The summed E-state index contributed by atoms with van der Waals surface area (Å²) in [6.07, 6.45) is 0. The number of methoxy groups -OCH3 is 1. The molecule has 0 aromatic heterocycles. The molecule has 1 aliphatic heterocycles. The SMILES string of the molecule is COC(=O)C1(C(=O)c2ccc(C)cc2C)COC1. The first-order chi connectivity index (χ1) is 8.51. The molecule has 2 rings (SSSR count). The molecule has 4 heteroatoms. The van der Waals surface area contributed by atoms with E-state index in [1.807, 2.05) is 26.0 Å².